The van der Waals surface area contributed by atoms with Crippen molar-refractivity contribution in [2.45, 2.75) is 64.1 Å². The Bertz CT molecular complexity index is 1510. The van der Waals surface area contributed by atoms with Crippen LogP contribution in [-0.2, 0) is 25.4 Å². The molecule has 2 aliphatic rings. The van der Waals surface area contributed by atoms with Crippen molar-refractivity contribution < 1.29 is 23.5 Å². The van der Waals surface area contributed by atoms with Gasteiger partial charge < -0.3 is 9.47 Å². The lowest BCUT2D eigenvalue weighted by Crippen LogP contribution is -2.50. The highest BCUT2D eigenvalue weighted by atomic mass is 35.5. The van der Waals surface area contributed by atoms with E-state index in [-0.39, 0.29) is 28.2 Å². The molecule has 0 aromatic heterocycles. The fraction of sp³-hybridized carbons (Fsp3) is 0.429. The molecule has 3 aromatic carbocycles. The molecule has 5 rings (SSSR count). The first kappa shape index (κ1) is 31.6. The Kier molecular flexibility index (Phi) is 9.06. The molecule has 0 spiro atoms. The quantitative estimate of drug-likeness (QED) is 0.239. The van der Waals surface area contributed by atoms with Crippen LogP contribution in [0.4, 0.5) is 4.39 Å². The number of carbonyl (C=O) groups excluding carboxylic acids is 2. The number of hydrogen-bond donors (Lipinski definition) is 0. The van der Waals surface area contributed by atoms with Crippen molar-refractivity contribution in [3.05, 3.63) is 104 Å². The lowest BCUT2D eigenvalue weighted by molar-refractivity contribution is -0.131. The van der Waals surface area contributed by atoms with E-state index in [2.05, 4.69) is 13.8 Å². The van der Waals surface area contributed by atoms with Crippen LogP contribution < -0.4 is 0 Å². The summed E-state index contributed by atoms with van der Waals surface area (Å²) in [7, 11) is 1.47. The number of Topliss-reactive ketones (excluding diaryl/α,β-unsaturated/α-hetero) is 1. The van der Waals surface area contributed by atoms with Gasteiger partial charge in [0.05, 0.1) is 17.2 Å². The number of ether oxygens (including phenoxy) is 2. The molecule has 2 heterocycles. The minimum absolute atomic E-state index is 0.121. The van der Waals surface area contributed by atoms with Crippen molar-refractivity contribution in [3.8, 4) is 0 Å². The summed E-state index contributed by atoms with van der Waals surface area (Å²) < 4.78 is 28.8. The molecule has 1 amide bonds. The number of hydrogen-bond acceptors (Lipinski definition) is 4. The molecule has 1 fully saturated rings. The van der Waals surface area contributed by atoms with Crippen LogP contribution in [0.2, 0.25) is 10.0 Å². The molecular weight excluding hydrogens is 588 g/mol. The summed E-state index contributed by atoms with van der Waals surface area (Å²) in [6.07, 6.45) is 2.50. The third-order valence-electron chi connectivity index (χ3n) is 9.87. The number of benzene rings is 3. The van der Waals surface area contributed by atoms with Gasteiger partial charge in [0, 0.05) is 41.9 Å². The zero-order chi connectivity index (χ0) is 31.1. The highest BCUT2D eigenvalue weighted by molar-refractivity contribution is 6.30. The van der Waals surface area contributed by atoms with Crippen LogP contribution in [0, 0.1) is 17.7 Å². The number of halogens is 3. The summed E-state index contributed by atoms with van der Waals surface area (Å²) >= 11 is 12.5. The summed E-state index contributed by atoms with van der Waals surface area (Å²) in [5.41, 5.74) is 0.303. The topological polar surface area (TPSA) is 55.8 Å². The third kappa shape index (κ3) is 5.31. The van der Waals surface area contributed by atoms with Crippen LogP contribution >= 0.6 is 23.2 Å². The Morgan fingerprint density at radius 2 is 1.67 bits per heavy atom. The van der Waals surface area contributed by atoms with Crippen molar-refractivity contribution in [3.63, 3.8) is 0 Å². The van der Waals surface area contributed by atoms with Crippen molar-refractivity contribution in [2.75, 3.05) is 20.3 Å². The molecule has 1 unspecified atom stereocenters. The van der Waals surface area contributed by atoms with Gasteiger partial charge in [0.1, 0.15) is 11.6 Å². The molecule has 1 saturated heterocycles. The molecular formula is C35H38Cl2FNO4. The smallest absolute Gasteiger partial charge is 0.257 e. The third-order valence-corrected chi connectivity index (χ3v) is 10.4. The fourth-order valence-corrected chi connectivity index (χ4v) is 7.30. The lowest BCUT2D eigenvalue weighted by Gasteiger charge is -2.44. The van der Waals surface area contributed by atoms with E-state index in [0.717, 1.165) is 24.8 Å². The van der Waals surface area contributed by atoms with E-state index in [1.165, 1.54) is 14.0 Å². The van der Waals surface area contributed by atoms with Crippen LogP contribution in [0.5, 0.6) is 0 Å². The molecule has 0 bridgehead atoms. The molecule has 0 radical (unpaired) electrons. The van der Waals surface area contributed by atoms with Crippen LogP contribution in [0.3, 0.4) is 0 Å². The maximum absolute atomic E-state index is 16.9. The molecule has 43 heavy (non-hydrogen) atoms. The molecule has 0 aliphatic carbocycles. The van der Waals surface area contributed by atoms with Crippen LogP contribution in [0.15, 0.2) is 60.7 Å². The average Bonchev–Trinajstić information content (AvgIpc) is 3.27. The minimum atomic E-state index is -1.67. The van der Waals surface area contributed by atoms with Gasteiger partial charge in [0.15, 0.2) is 5.72 Å². The van der Waals surface area contributed by atoms with Gasteiger partial charge in [-0.3, -0.25) is 14.5 Å². The van der Waals surface area contributed by atoms with Crippen molar-refractivity contribution in [1.29, 1.82) is 0 Å². The van der Waals surface area contributed by atoms with E-state index < -0.39 is 29.4 Å². The second kappa shape index (κ2) is 12.3. The van der Waals surface area contributed by atoms with Crippen molar-refractivity contribution in [1.82, 2.24) is 4.90 Å². The Hall–Kier alpha value is -2.77. The van der Waals surface area contributed by atoms with E-state index in [1.54, 1.807) is 66.4 Å². The Labute approximate surface area is 263 Å². The molecule has 5 nitrogen and oxygen atoms in total. The Morgan fingerprint density at radius 3 is 2.21 bits per heavy atom. The zero-order valence-corrected chi connectivity index (χ0v) is 26.8. The van der Waals surface area contributed by atoms with Crippen LogP contribution in [-0.4, -0.2) is 36.9 Å². The van der Waals surface area contributed by atoms with E-state index in [1.807, 2.05) is 6.07 Å². The first-order valence-corrected chi connectivity index (χ1v) is 15.6. The SMILES string of the molecule is CC[C@@](C)(c1cc(F)c2c(c1)C(=O)N([C@H](c1ccc(Cl)cc1)[C@H](C)C(C)=O)C2(OC)c1ccc(Cl)cc1)C1CCOCC1. The van der Waals surface area contributed by atoms with Gasteiger partial charge in [-0.25, -0.2) is 4.39 Å². The number of amides is 1. The van der Waals surface area contributed by atoms with E-state index in [0.29, 0.717) is 34.4 Å². The van der Waals surface area contributed by atoms with E-state index in [9.17, 15) is 9.59 Å². The highest BCUT2D eigenvalue weighted by Gasteiger charge is 2.58. The normalized spacial score (nSPS) is 21.8. The number of methoxy groups -OCH3 is 1. The maximum atomic E-state index is 16.9. The molecule has 2 aliphatic heterocycles. The number of nitrogens with zero attached hydrogens (tertiary/aromatic N) is 1. The van der Waals surface area contributed by atoms with E-state index in [4.69, 9.17) is 32.7 Å². The fourth-order valence-electron chi connectivity index (χ4n) is 7.05. The zero-order valence-electron chi connectivity index (χ0n) is 25.3. The van der Waals surface area contributed by atoms with Crippen molar-refractivity contribution >= 4 is 34.9 Å². The predicted molar refractivity (Wildman–Crippen MR) is 167 cm³/mol. The van der Waals surface area contributed by atoms with Gasteiger partial charge in [-0.05, 0) is 85.0 Å². The molecule has 228 valence electrons. The summed E-state index contributed by atoms with van der Waals surface area (Å²) in [5.74, 6) is -1.43. The van der Waals surface area contributed by atoms with Gasteiger partial charge in [0.25, 0.3) is 5.91 Å². The Morgan fingerprint density at radius 1 is 1.09 bits per heavy atom. The van der Waals surface area contributed by atoms with Crippen molar-refractivity contribution in [2.24, 2.45) is 11.8 Å². The molecule has 8 heteroatoms. The largest absolute Gasteiger partial charge is 0.381 e. The molecule has 0 N–H and O–H groups in total. The maximum Gasteiger partial charge on any atom is 0.257 e. The molecule has 0 saturated carbocycles. The Balaban J connectivity index is 1.79. The standard InChI is InChI=1S/C35H38Cl2FNO4/c1-6-34(4,24-15-17-43-18-16-24)26-19-29-31(30(38)20-26)35(42-5,25-9-13-28(37)14-10-25)39(33(29)41)32(21(2)22(3)40)23-7-11-27(36)12-8-23/h7-14,19-21,24,32H,6,15-18H2,1-5H3/t21-,32+,34-,35?/m1/s1. The lowest BCUT2D eigenvalue weighted by atomic mass is 9.66. The first-order chi connectivity index (χ1) is 20.5. The monoisotopic (exact) mass is 625 g/mol. The van der Waals surface area contributed by atoms with Gasteiger partial charge in [0.2, 0.25) is 0 Å². The summed E-state index contributed by atoms with van der Waals surface area (Å²) in [5, 5.41) is 1.01. The van der Waals surface area contributed by atoms with Gasteiger partial charge in [-0.15, -0.1) is 0 Å². The second-order valence-electron chi connectivity index (χ2n) is 12.0. The van der Waals surface area contributed by atoms with Crippen LogP contribution in [0.1, 0.15) is 85.6 Å². The number of fused-ring (bicyclic) bond motifs is 1. The van der Waals surface area contributed by atoms with Gasteiger partial charge in [-0.2, -0.15) is 0 Å². The predicted octanol–water partition coefficient (Wildman–Crippen LogP) is 8.50. The summed E-state index contributed by atoms with van der Waals surface area (Å²) in [6.45, 7) is 8.86. The summed E-state index contributed by atoms with van der Waals surface area (Å²) in [4.78, 5) is 29.4. The average molecular weight is 627 g/mol. The second-order valence-corrected chi connectivity index (χ2v) is 12.8. The highest BCUT2D eigenvalue weighted by Crippen LogP contribution is 2.53. The molecule has 4 atom stereocenters. The van der Waals surface area contributed by atoms with Gasteiger partial charge >= 0.3 is 0 Å². The number of ketones is 1. The van der Waals surface area contributed by atoms with E-state index >= 15 is 4.39 Å². The molecule has 3 aromatic rings. The number of carbonyl (C=O) groups is 2. The van der Waals surface area contributed by atoms with Crippen LogP contribution in [0.25, 0.3) is 0 Å². The summed E-state index contributed by atoms with van der Waals surface area (Å²) in [6, 6.07) is 16.5. The number of rotatable bonds is 9. The minimum Gasteiger partial charge on any atom is -0.381 e. The first-order valence-electron chi connectivity index (χ1n) is 14.8. The van der Waals surface area contributed by atoms with Gasteiger partial charge in [-0.1, -0.05) is 68.2 Å².